The minimum atomic E-state index is -0.450. The van der Waals surface area contributed by atoms with Crippen molar-refractivity contribution in [1.29, 1.82) is 0 Å². The summed E-state index contributed by atoms with van der Waals surface area (Å²) in [7, 11) is 0. The third-order valence-electron chi connectivity index (χ3n) is 3.05. The van der Waals surface area contributed by atoms with Crippen molar-refractivity contribution in [3.8, 4) is 0 Å². The second kappa shape index (κ2) is 5.53. The van der Waals surface area contributed by atoms with Gasteiger partial charge in [-0.1, -0.05) is 18.2 Å². The van der Waals surface area contributed by atoms with Gasteiger partial charge in [-0.3, -0.25) is 4.79 Å². The van der Waals surface area contributed by atoms with Gasteiger partial charge in [0.05, 0.1) is 10.0 Å². The summed E-state index contributed by atoms with van der Waals surface area (Å²) in [6.45, 7) is 3.91. The van der Waals surface area contributed by atoms with Gasteiger partial charge in [0.15, 0.2) is 0 Å². The van der Waals surface area contributed by atoms with Crippen molar-refractivity contribution < 1.29 is 9.18 Å². The molecule has 2 rings (SSSR count). The Labute approximate surface area is 119 Å². The fourth-order valence-electron chi connectivity index (χ4n) is 1.76. The van der Waals surface area contributed by atoms with Crippen LogP contribution in [0.2, 0.25) is 0 Å². The number of aryl methyl sites for hydroxylation is 1. The summed E-state index contributed by atoms with van der Waals surface area (Å²) >= 11 is 3.09. The Morgan fingerprint density at radius 3 is 2.58 bits per heavy atom. The maximum atomic E-state index is 13.4. The molecule has 0 unspecified atom stereocenters. The summed E-state index contributed by atoms with van der Waals surface area (Å²) in [5.74, 6) is -0.784. The lowest BCUT2D eigenvalue weighted by Crippen LogP contribution is -2.14. The van der Waals surface area contributed by atoms with Crippen LogP contribution in [0, 0.1) is 19.7 Å². The van der Waals surface area contributed by atoms with Crippen LogP contribution in [0.3, 0.4) is 0 Å². The van der Waals surface area contributed by atoms with Gasteiger partial charge in [-0.15, -0.1) is 0 Å². The number of anilines is 1. The SMILES string of the molecule is Cc1cccc(NC(=O)c2cccc(F)c2Br)c1C. The Morgan fingerprint density at radius 1 is 1.16 bits per heavy atom. The van der Waals surface area contributed by atoms with Crippen LogP contribution >= 0.6 is 15.9 Å². The Kier molecular flexibility index (Phi) is 4.00. The largest absolute Gasteiger partial charge is 0.322 e. The Bertz CT molecular complexity index is 640. The molecule has 1 N–H and O–H groups in total. The first-order valence-electron chi connectivity index (χ1n) is 5.82. The van der Waals surface area contributed by atoms with E-state index in [2.05, 4.69) is 21.2 Å². The average molecular weight is 322 g/mol. The molecule has 0 aliphatic carbocycles. The maximum Gasteiger partial charge on any atom is 0.256 e. The van der Waals surface area contributed by atoms with Crippen molar-refractivity contribution in [2.24, 2.45) is 0 Å². The van der Waals surface area contributed by atoms with Crippen LogP contribution < -0.4 is 5.32 Å². The molecule has 0 saturated heterocycles. The lowest BCUT2D eigenvalue weighted by molar-refractivity contribution is 0.102. The van der Waals surface area contributed by atoms with E-state index >= 15 is 0 Å². The highest BCUT2D eigenvalue weighted by molar-refractivity contribution is 9.10. The minimum absolute atomic E-state index is 0.179. The molecule has 0 aliphatic heterocycles. The van der Waals surface area contributed by atoms with Crippen LogP contribution in [0.1, 0.15) is 21.5 Å². The van der Waals surface area contributed by atoms with E-state index in [0.29, 0.717) is 0 Å². The molecule has 0 bridgehead atoms. The summed E-state index contributed by atoms with van der Waals surface area (Å²) in [4.78, 5) is 12.1. The van der Waals surface area contributed by atoms with Crippen molar-refractivity contribution in [1.82, 2.24) is 0 Å². The molecule has 4 heteroatoms. The van der Waals surface area contributed by atoms with Crippen molar-refractivity contribution in [3.63, 3.8) is 0 Å². The molecular weight excluding hydrogens is 309 g/mol. The van der Waals surface area contributed by atoms with E-state index in [1.807, 2.05) is 32.0 Å². The summed E-state index contributed by atoms with van der Waals surface area (Å²) < 4.78 is 13.6. The molecule has 0 aliphatic rings. The van der Waals surface area contributed by atoms with Gasteiger partial charge in [0.2, 0.25) is 0 Å². The van der Waals surface area contributed by atoms with Crippen molar-refractivity contribution in [2.75, 3.05) is 5.32 Å². The van der Waals surface area contributed by atoms with E-state index in [0.717, 1.165) is 16.8 Å². The monoisotopic (exact) mass is 321 g/mol. The maximum absolute atomic E-state index is 13.4. The van der Waals surface area contributed by atoms with E-state index in [-0.39, 0.29) is 15.9 Å². The van der Waals surface area contributed by atoms with Crippen LogP contribution in [-0.2, 0) is 0 Å². The Hall–Kier alpha value is -1.68. The number of hydrogen-bond acceptors (Lipinski definition) is 1. The second-order valence-electron chi connectivity index (χ2n) is 4.30. The fourth-order valence-corrected chi connectivity index (χ4v) is 2.20. The number of rotatable bonds is 2. The molecular formula is C15H13BrFNO. The Balaban J connectivity index is 2.31. The molecule has 2 aromatic carbocycles. The summed E-state index contributed by atoms with van der Waals surface area (Å²) in [5, 5.41) is 2.80. The molecule has 0 fully saturated rings. The van der Waals surface area contributed by atoms with Crippen LogP contribution in [0.4, 0.5) is 10.1 Å². The quantitative estimate of drug-likeness (QED) is 0.869. The zero-order valence-electron chi connectivity index (χ0n) is 10.6. The van der Waals surface area contributed by atoms with Crippen LogP contribution in [0.15, 0.2) is 40.9 Å². The third kappa shape index (κ3) is 2.84. The third-order valence-corrected chi connectivity index (χ3v) is 3.86. The average Bonchev–Trinajstić information content (AvgIpc) is 2.38. The van der Waals surface area contributed by atoms with E-state index in [4.69, 9.17) is 0 Å². The van der Waals surface area contributed by atoms with E-state index in [1.165, 1.54) is 12.1 Å². The molecule has 0 saturated carbocycles. The van der Waals surface area contributed by atoms with Crippen LogP contribution in [0.5, 0.6) is 0 Å². The molecule has 0 heterocycles. The standard InChI is InChI=1S/C15H13BrFNO/c1-9-5-3-8-13(10(9)2)18-15(19)11-6-4-7-12(17)14(11)16/h3-8H,1-2H3,(H,18,19). The summed E-state index contributed by atoms with van der Waals surface area (Å²) in [6.07, 6.45) is 0. The number of carbonyl (C=O) groups excluding carboxylic acids is 1. The van der Waals surface area contributed by atoms with Gasteiger partial charge in [0.1, 0.15) is 5.82 Å². The first kappa shape index (κ1) is 13.7. The molecule has 2 nitrogen and oxygen atoms in total. The van der Waals surface area contributed by atoms with Gasteiger partial charge < -0.3 is 5.32 Å². The van der Waals surface area contributed by atoms with Crippen molar-refractivity contribution >= 4 is 27.5 Å². The Morgan fingerprint density at radius 2 is 1.84 bits per heavy atom. The normalized spacial score (nSPS) is 10.3. The van der Waals surface area contributed by atoms with Crippen LogP contribution in [-0.4, -0.2) is 5.91 Å². The number of carbonyl (C=O) groups is 1. The second-order valence-corrected chi connectivity index (χ2v) is 5.10. The topological polar surface area (TPSA) is 29.1 Å². The van der Waals surface area contributed by atoms with Gasteiger partial charge in [-0.2, -0.15) is 0 Å². The van der Waals surface area contributed by atoms with E-state index in [1.54, 1.807) is 6.07 Å². The number of halogens is 2. The molecule has 1 amide bonds. The molecule has 0 atom stereocenters. The molecule has 0 spiro atoms. The van der Waals surface area contributed by atoms with Crippen molar-refractivity contribution in [3.05, 3.63) is 63.4 Å². The minimum Gasteiger partial charge on any atom is -0.322 e. The smallest absolute Gasteiger partial charge is 0.256 e. The van der Waals surface area contributed by atoms with Crippen LogP contribution in [0.25, 0.3) is 0 Å². The van der Waals surface area contributed by atoms with Gasteiger partial charge in [0, 0.05) is 5.69 Å². The predicted octanol–water partition coefficient (Wildman–Crippen LogP) is 4.46. The summed E-state index contributed by atoms with van der Waals surface area (Å²) in [5.41, 5.74) is 3.11. The lowest BCUT2D eigenvalue weighted by atomic mass is 10.1. The number of benzene rings is 2. The van der Waals surface area contributed by atoms with E-state index in [9.17, 15) is 9.18 Å². The number of nitrogens with one attached hydrogen (secondary N) is 1. The summed E-state index contributed by atoms with van der Waals surface area (Å²) in [6, 6.07) is 10.1. The lowest BCUT2D eigenvalue weighted by Gasteiger charge is -2.11. The zero-order chi connectivity index (χ0) is 14.0. The van der Waals surface area contributed by atoms with E-state index < -0.39 is 5.82 Å². The molecule has 19 heavy (non-hydrogen) atoms. The first-order chi connectivity index (χ1) is 9.00. The predicted molar refractivity (Wildman–Crippen MR) is 78.0 cm³/mol. The fraction of sp³-hybridized carbons (Fsp3) is 0.133. The van der Waals surface area contributed by atoms with Gasteiger partial charge in [0.25, 0.3) is 5.91 Å². The van der Waals surface area contributed by atoms with Gasteiger partial charge in [-0.25, -0.2) is 4.39 Å². The number of hydrogen-bond donors (Lipinski definition) is 1. The van der Waals surface area contributed by atoms with Gasteiger partial charge in [-0.05, 0) is 59.1 Å². The number of amides is 1. The molecule has 98 valence electrons. The molecule has 0 radical (unpaired) electrons. The van der Waals surface area contributed by atoms with Gasteiger partial charge >= 0.3 is 0 Å². The zero-order valence-corrected chi connectivity index (χ0v) is 12.2. The molecule has 0 aromatic heterocycles. The highest BCUT2D eigenvalue weighted by atomic mass is 79.9. The highest BCUT2D eigenvalue weighted by Gasteiger charge is 2.14. The van der Waals surface area contributed by atoms with Crippen molar-refractivity contribution in [2.45, 2.75) is 13.8 Å². The molecule has 2 aromatic rings. The highest BCUT2D eigenvalue weighted by Crippen LogP contribution is 2.23. The first-order valence-corrected chi connectivity index (χ1v) is 6.61.